The van der Waals surface area contributed by atoms with Crippen LogP contribution in [0.1, 0.15) is 36.9 Å². The van der Waals surface area contributed by atoms with Crippen LogP contribution in [0.15, 0.2) is 46.9 Å². The van der Waals surface area contributed by atoms with Crippen molar-refractivity contribution >= 4 is 39.4 Å². The summed E-state index contributed by atoms with van der Waals surface area (Å²) >= 11 is 3.35. The molecule has 4 atom stereocenters. The van der Waals surface area contributed by atoms with Crippen molar-refractivity contribution in [1.29, 1.82) is 0 Å². The van der Waals surface area contributed by atoms with Gasteiger partial charge >= 0.3 is 5.97 Å². The minimum absolute atomic E-state index is 0.131. The van der Waals surface area contributed by atoms with Crippen LogP contribution in [0.4, 0.5) is 5.69 Å². The molecule has 0 bridgehead atoms. The first-order valence-electron chi connectivity index (χ1n) is 11.2. The van der Waals surface area contributed by atoms with Crippen molar-refractivity contribution in [2.45, 2.75) is 37.8 Å². The normalized spacial score (nSPS) is 25.7. The summed E-state index contributed by atoms with van der Waals surface area (Å²) in [6.45, 7) is 2.11. The summed E-state index contributed by atoms with van der Waals surface area (Å²) in [7, 11) is 0. The van der Waals surface area contributed by atoms with Gasteiger partial charge in [-0.25, -0.2) is 0 Å². The quantitative estimate of drug-likeness (QED) is 0.260. The maximum Gasteiger partial charge on any atom is 0.325 e. The molecule has 2 aromatic carbocycles. The predicted octanol–water partition coefficient (Wildman–Crippen LogP) is 3.17. The number of hydrogen-bond acceptors (Lipinski definition) is 7. The van der Waals surface area contributed by atoms with Crippen molar-refractivity contribution in [2.75, 3.05) is 6.54 Å². The van der Waals surface area contributed by atoms with E-state index in [1.54, 1.807) is 12.1 Å². The summed E-state index contributed by atoms with van der Waals surface area (Å²) < 4.78 is 0.617. The summed E-state index contributed by atoms with van der Waals surface area (Å²) in [6, 6.07) is 9.13. The minimum Gasteiger partial charge on any atom is -0.508 e. The first-order valence-corrected chi connectivity index (χ1v) is 12.0. The molecule has 184 valence electrons. The van der Waals surface area contributed by atoms with Gasteiger partial charge in [-0.1, -0.05) is 41.4 Å². The third-order valence-corrected chi connectivity index (χ3v) is 7.31. The van der Waals surface area contributed by atoms with Gasteiger partial charge in [-0.05, 0) is 30.2 Å². The number of nitro groups is 1. The van der Waals surface area contributed by atoms with Gasteiger partial charge in [0.05, 0.1) is 16.8 Å². The van der Waals surface area contributed by atoms with Crippen molar-refractivity contribution in [3.63, 3.8) is 0 Å². The van der Waals surface area contributed by atoms with Gasteiger partial charge in [0.2, 0.25) is 11.8 Å². The largest absolute Gasteiger partial charge is 0.508 e. The van der Waals surface area contributed by atoms with Gasteiger partial charge in [-0.15, -0.1) is 0 Å². The number of nitrogens with zero attached hydrogens (tertiary/aromatic N) is 2. The Morgan fingerprint density at radius 2 is 1.89 bits per heavy atom. The van der Waals surface area contributed by atoms with E-state index in [-0.39, 0.29) is 24.4 Å². The first kappa shape index (κ1) is 24.8. The molecule has 10 nitrogen and oxygen atoms in total. The lowest BCUT2D eigenvalue weighted by Gasteiger charge is -2.31. The smallest absolute Gasteiger partial charge is 0.325 e. The number of unbranched alkanes of at least 4 members (excludes halogenated alkanes) is 1. The zero-order valence-electron chi connectivity index (χ0n) is 18.8. The maximum atomic E-state index is 13.5. The number of aliphatic carboxylic acids is 1. The van der Waals surface area contributed by atoms with E-state index in [2.05, 4.69) is 21.2 Å². The number of phenols is 1. The van der Waals surface area contributed by atoms with Crippen LogP contribution >= 0.6 is 15.9 Å². The Bertz CT molecular complexity index is 1200. The van der Waals surface area contributed by atoms with E-state index in [4.69, 9.17) is 0 Å². The molecule has 3 N–H and O–H groups in total. The Hall–Kier alpha value is -3.31. The van der Waals surface area contributed by atoms with Crippen LogP contribution in [0.5, 0.6) is 5.75 Å². The number of non-ortho nitro benzene ring substituents is 1. The number of likely N-dealkylation sites (tertiary alicyclic amines) is 1. The highest BCUT2D eigenvalue weighted by atomic mass is 79.9. The zero-order chi connectivity index (χ0) is 25.5. The second-order valence-electron chi connectivity index (χ2n) is 8.89. The third-order valence-electron chi connectivity index (χ3n) is 6.82. The molecule has 0 aliphatic carbocycles. The summed E-state index contributed by atoms with van der Waals surface area (Å²) in [6.07, 6.45) is 1.14. The Kier molecular flexibility index (Phi) is 6.65. The number of halogens is 1. The van der Waals surface area contributed by atoms with Crippen LogP contribution < -0.4 is 5.32 Å². The molecule has 0 aromatic heterocycles. The predicted molar refractivity (Wildman–Crippen MR) is 127 cm³/mol. The number of carbonyl (C=O) groups is 3. The van der Waals surface area contributed by atoms with Crippen LogP contribution in [-0.4, -0.2) is 49.9 Å². The minimum atomic E-state index is -1.87. The van der Waals surface area contributed by atoms with Crippen LogP contribution in [0.3, 0.4) is 0 Å². The van der Waals surface area contributed by atoms with Gasteiger partial charge in [-0.2, -0.15) is 0 Å². The second-order valence-corrected chi connectivity index (χ2v) is 9.80. The monoisotopic (exact) mass is 545 g/mol. The number of benzene rings is 2. The van der Waals surface area contributed by atoms with Gasteiger partial charge in [0.25, 0.3) is 5.69 Å². The maximum absolute atomic E-state index is 13.5. The molecule has 35 heavy (non-hydrogen) atoms. The third kappa shape index (κ3) is 4.19. The Labute approximate surface area is 209 Å². The number of hydrogen-bond donors (Lipinski definition) is 3. The second kappa shape index (κ2) is 9.38. The van der Waals surface area contributed by atoms with E-state index >= 15 is 0 Å². The molecular formula is C24H24BrN3O7. The average molecular weight is 546 g/mol. The number of rotatable bonds is 8. The lowest BCUT2D eigenvalue weighted by molar-refractivity contribution is -0.384. The van der Waals surface area contributed by atoms with Gasteiger partial charge < -0.3 is 10.2 Å². The molecule has 2 aliphatic heterocycles. The van der Waals surface area contributed by atoms with E-state index in [0.717, 1.165) is 11.3 Å². The number of carboxylic acid groups (broad SMARTS) is 1. The van der Waals surface area contributed by atoms with Crippen LogP contribution in [0.2, 0.25) is 0 Å². The first-order chi connectivity index (χ1) is 16.6. The SMILES string of the molecule is CCCCN1C(=O)C2C(c3cc(Br)ccc3O)NC(Cc3ccc([N+](=O)[O-])cc3)(C(=O)O)C2C1=O. The molecule has 0 spiro atoms. The molecule has 2 saturated heterocycles. The van der Waals surface area contributed by atoms with Crippen molar-refractivity contribution in [3.05, 3.63) is 68.2 Å². The van der Waals surface area contributed by atoms with E-state index < -0.39 is 46.1 Å². The molecule has 11 heteroatoms. The molecule has 2 aliphatic rings. The molecule has 2 amide bonds. The highest BCUT2D eigenvalue weighted by Crippen LogP contribution is 2.51. The number of carboxylic acids is 1. The summed E-state index contributed by atoms with van der Waals surface area (Å²) in [5.41, 5.74) is -1.26. The summed E-state index contributed by atoms with van der Waals surface area (Å²) in [4.78, 5) is 51.4. The average Bonchev–Trinajstić information content (AvgIpc) is 3.28. The molecule has 4 unspecified atom stereocenters. The van der Waals surface area contributed by atoms with Crippen LogP contribution in [0.25, 0.3) is 0 Å². The number of carbonyl (C=O) groups excluding carboxylic acids is 2. The Balaban J connectivity index is 1.83. The molecule has 2 aromatic rings. The molecule has 4 rings (SSSR count). The topological polar surface area (TPSA) is 150 Å². The van der Waals surface area contributed by atoms with Crippen LogP contribution in [-0.2, 0) is 20.8 Å². The fraction of sp³-hybridized carbons (Fsp3) is 0.375. The standard InChI is InChI=1S/C24H24BrN3O7/c1-2-3-10-27-21(30)18-19(22(27)31)24(23(32)33,12-13-4-7-15(8-5-13)28(34)35)26-20(18)16-11-14(25)6-9-17(16)29/h4-9,11,18-20,26,29H,2-3,10,12H2,1H3,(H,32,33). The Morgan fingerprint density at radius 3 is 2.49 bits per heavy atom. The van der Waals surface area contributed by atoms with Crippen molar-refractivity contribution in [1.82, 2.24) is 10.2 Å². The lowest BCUT2D eigenvalue weighted by Crippen LogP contribution is -2.57. The van der Waals surface area contributed by atoms with E-state index in [1.165, 1.54) is 30.3 Å². The lowest BCUT2D eigenvalue weighted by atomic mass is 9.76. The highest BCUT2D eigenvalue weighted by Gasteiger charge is 2.68. The van der Waals surface area contributed by atoms with Crippen molar-refractivity contribution in [3.8, 4) is 5.75 Å². The van der Waals surface area contributed by atoms with E-state index in [0.29, 0.717) is 22.0 Å². The van der Waals surface area contributed by atoms with Crippen molar-refractivity contribution in [2.24, 2.45) is 11.8 Å². The molecule has 2 heterocycles. The van der Waals surface area contributed by atoms with Gasteiger partial charge in [-0.3, -0.25) is 34.7 Å². The molecule has 0 saturated carbocycles. The number of aromatic hydroxyl groups is 1. The Morgan fingerprint density at radius 1 is 1.20 bits per heavy atom. The van der Waals surface area contributed by atoms with Crippen LogP contribution in [0, 0.1) is 22.0 Å². The molecular weight excluding hydrogens is 522 g/mol. The number of nitrogens with one attached hydrogen (secondary N) is 1. The highest BCUT2D eigenvalue weighted by molar-refractivity contribution is 9.10. The van der Waals surface area contributed by atoms with E-state index in [1.807, 2.05) is 6.92 Å². The molecule has 0 radical (unpaired) electrons. The summed E-state index contributed by atoms with van der Waals surface area (Å²) in [5.74, 6) is -4.74. The summed E-state index contributed by atoms with van der Waals surface area (Å²) in [5, 5.41) is 35.1. The number of phenolic OH excluding ortho intramolecular Hbond substituents is 1. The zero-order valence-corrected chi connectivity index (χ0v) is 20.4. The fourth-order valence-corrected chi connectivity index (χ4v) is 5.51. The van der Waals surface area contributed by atoms with Gasteiger partial charge in [0.1, 0.15) is 11.3 Å². The van der Waals surface area contributed by atoms with Gasteiger partial charge in [0.15, 0.2) is 0 Å². The number of imide groups is 1. The molecule has 2 fully saturated rings. The van der Waals surface area contributed by atoms with Gasteiger partial charge in [0, 0.05) is 41.2 Å². The number of fused-ring (bicyclic) bond motifs is 1. The van der Waals surface area contributed by atoms with E-state index in [9.17, 15) is 34.7 Å². The fourth-order valence-electron chi connectivity index (χ4n) is 5.13. The number of amides is 2. The van der Waals surface area contributed by atoms with Crippen molar-refractivity contribution < 1.29 is 29.5 Å². The number of nitro benzene ring substituents is 1.